The molecule has 0 spiro atoms. The third-order valence-corrected chi connectivity index (χ3v) is 5.01. The molecule has 0 saturated heterocycles. The fraction of sp³-hybridized carbons (Fsp3) is 0.571. The minimum atomic E-state index is -0.921. The molecule has 17 heavy (non-hydrogen) atoms. The Labute approximate surface area is 106 Å². The molecule has 2 N–H and O–H groups in total. The molecule has 3 atom stereocenters. The molecule has 0 saturated carbocycles. The zero-order valence-corrected chi connectivity index (χ0v) is 11.4. The summed E-state index contributed by atoms with van der Waals surface area (Å²) in [6.45, 7) is 3.99. The van der Waals surface area contributed by atoms with E-state index in [-0.39, 0.29) is 11.3 Å². The maximum absolute atomic E-state index is 12.3. The summed E-state index contributed by atoms with van der Waals surface area (Å²) in [7, 11) is -0.921. The van der Waals surface area contributed by atoms with E-state index in [9.17, 15) is 4.21 Å². The van der Waals surface area contributed by atoms with Crippen LogP contribution in [-0.4, -0.2) is 15.5 Å². The van der Waals surface area contributed by atoms with Gasteiger partial charge in [0.2, 0.25) is 0 Å². The Balaban J connectivity index is 2.14. The Morgan fingerprint density at radius 1 is 1.29 bits per heavy atom. The van der Waals surface area contributed by atoms with Gasteiger partial charge in [0.25, 0.3) is 0 Å². The third kappa shape index (κ3) is 2.96. The van der Waals surface area contributed by atoms with Crippen LogP contribution in [0.5, 0.6) is 0 Å². The smallest absolute Gasteiger partial charge is 0.0558 e. The summed E-state index contributed by atoms with van der Waals surface area (Å²) in [5.74, 6) is 0. The van der Waals surface area contributed by atoms with Crippen molar-refractivity contribution in [3.63, 3.8) is 0 Å². The Hall–Kier alpha value is -0.670. The highest BCUT2D eigenvalue weighted by Crippen LogP contribution is 2.25. The third-order valence-electron chi connectivity index (χ3n) is 3.37. The number of fused-ring (bicyclic) bond motifs is 1. The van der Waals surface area contributed by atoms with E-state index in [4.69, 9.17) is 5.73 Å². The number of hydrogen-bond donors (Lipinski definition) is 1. The molecule has 1 aromatic rings. The second kappa shape index (κ2) is 5.32. The summed E-state index contributed by atoms with van der Waals surface area (Å²) in [6.07, 6.45) is 4.37. The molecule has 0 aromatic heterocycles. The highest BCUT2D eigenvalue weighted by Gasteiger charge is 2.17. The summed E-state index contributed by atoms with van der Waals surface area (Å²) < 4.78 is 12.3. The summed E-state index contributed by atoms with van der Waals surface area (Å²) in [4.78, 5) is 0.971. The van der Waals surface area contributed by atoms with Gasteiger partial charge in [-0.05, 0) is 55.9 Å². The van der Waals surface area contributed by atoms with Gasteiger partial charge in [-0.25, -0.2) is 0 Å². The molecule has 2 rings (SSSR count). The van der Waals surface area contributed by atoms with Gasteiger partial charge in [0, 0.05) is 16.2 Å². The number of nitrogens with two attached hydrogens (primary N) is 1. The lowest BCUT2D eigenvalue weighted by molar-refractivity contribution is 0.628. The first kappa shape index (κ1) is 12.8. The molecule has 0 aliphatic heterocycles. The van der Waals surface area contributed by atoms with E-state index in [0.717, 1.165) is 17.7 Å². The highest BCUT2D eigenvalue weighted by atomic mass is 32.2. The summed E-state index contributed by atoms with van der Waals surface area (Å²) in [5, 5.41) is 0.134. The fourth-order valence-corrected chi connectivity index (χ4v) is 3.92. The van der Waals surface area contributed by atoms with Gasteiger partial charge in [-0.2, -0.15) is 0 Å². The molecule has 0 fully saturated rings. The molecular formula is C14H21NOS. The van der Waals surface area contributed by atoms with E-state index in [1.54, 1.807) is 0 Å². The van der Waals surface area contributed by atoms with Crippen LogP contribution >= 0.6 is 0 Å². The van der Waals surface area contributed by atoms with Gasteiger partial charge in [0.1, 0.15) is 0 Å². The lowest BCUT2D eigenvalue weighted by atomic mass is 10.1. The van der Waals surface area contributed by atoms with Crippen molar-refractivity contribution in [1.82, 2.24) is 0 Å². The predicted molar refractivity (Wildman–Crippen MR) is 72.6 cm³/mol. The maximum atomic E-state index is 12.3. The van der Waals surface area contributed by atoms with Crippen molar-refractivity contribution in [3.8, 4) is 0 Å². The molecule has 0 heterocycles. The fourth-order valence-electron chi connectivity index (χ4n) is 2.52. The second-order valence-electron chi connectivity index (χ2n) is 5.11. The monoisotopic (exact) mass is 251 g/mol. The topological polar surface area (TPSA) is 43.1 Å². The van der Waals surface area contributed by atoms with E-state index in [1.165, 1.54) is 24.0 Å². The molecular weight excluding hydrogens is 230 g/mol. The minimum Gasteiger partial charge on any atom is -0.328 e. The maximum Gasteiger partial charge on any atom is 0.0558 e. The molecule has 0 radical (unpaired) electrons. The van der Waals surface area contributed by atoms with Gasteiger partial charge in [0.15, 0.2) is 0 Å². The number of rotatable bonds is 4. The summed E-state index contributed by atoms with van der Waals surface area (Å²) in [5.41, 5.74) is 8.59. The van der Waals surface area contributed by atoms with Crippen molar-refractivity contribution < 1.29 is 4.21 Å². The molecule has 3 heteroatoms. The Kier molecular flexibility index (Phi) is 4.00. The van der Waals surface area contributed by atoms with Crippen LogP contribution in [0.3, 0.4) is 0 Å². The molecule has 1 aromatic carbocycles. The molecule has 1 aliphatic carbocycles. The highest BCUT2D eigenvalue weighted by molar-refractivity contribution is 7.85. The molecule has 0 amide bonds. The summed E-state index contributed by atoms with van der Waals surface area (Å²) in [6, 6.07) is 6.42. The number of hydrogen-bond acceptors (Lipinski definition) is 2. The van der Waals surface area contributed by atoms with E-state index in [0.29, 0.717) is 0 Å². The largest absolute Gasteiger partial charge is 0.328 e. The van der Waals surface area contributed by atoms with Crippen LogP contribution in [0.25, 0.3) is 0 Å². The number of benzene rings is 1. The SMILES string of the molecule is CC(N)CC(C)S(=O)c1ccc2c(c1)CCC2. The van der Waals surface area contributed by atoms with Gasteiger partial charge in [-0.1, -0.05) is 13.0 Å². The molecule has 94 valence electrons. The predicted octanol–water partition coefficient (Wildman–Crippen LogP) is 2.41. The van der Waals surface area contributed by atoms with E-state index in [2.05, 4.69) is 12.1 Å². The molecule has 1 aliphatic rings. The van der Waals surface area contributed by atoms with Crippen LogP contribution in [0.2, 0.25) is 0 Å². The second-order valence-corrected chi connectivity index (χ2v) is 6.98. The van der Waals surface area contributed by atoms with E-state index >= 15 is 0 Å². The van der Waals surface area contributed by atoms with Crippen molar-refractivity contribution in [2.24, 2.45) is 5.73 Å². The Morgan fingerprint density at radius 3 is 2.71 bits per heavy atom. The van der Waals surface area contributed by atoms with Crippen LogP contribution in [0.1, 0.15) is 37.8 Å². The van der Waals surface area contributed by atoms with Crippen molar-refractivity contribution >= 4 is 10.8 Å². The standard InChI is InChI=1S/C14H21NOS/c1-10(15)8-11(2)17(16)14-7-6-12-4-3-5-13(12)9-14/h6-7,9-11H,3-5,8,15H2,1-2H3. The first-order valence-corrected chi connectivity index (χ1v) is 7.57. The average molecular weight is 251 g/mol. The van der Waals surface area contributed by atoms with Gasteiger partial charge >= 0.3 is 0 Å². The lowest BCUT2D eigenvalue weighted by Crippen LogP contribution is -2.24. The van der Waals surface area contributed by atoms with Crippen molar-refractivity contribution in [2.75, 3.05) is 0 Å². The molecule has 0 bridgehead atoms. The van der Waals surface area contributed by atoms with Crippen molar-refractivity contribution in [3.05, 3.63) is 29.3 Å². The van der Waals surface area contributed by atoms with Crippen LogP contribution in [0.4, 0.5) is 0 Å². The van der Waals surface area contributed by atoms with Gasteiger partial charge in [-0.3, -0.25) is 4.21 Å². The minimum absolute atomic E-state index is 0.114. The van der Waals surface area contributed by atoms with Crippen LogP contribution in [0, 0.1) is 0 Å². The van der Waals surface area contributed by atoms with Crippen molar-refractivity contribution in [1.29, 1.82) is 0 Å². The zero-order valence-electron chi connectivity index (χ0n) is 10.6. The first-order chi connectivity index (χ1) is 8.08. The Bertz CT molecular complexity index is 428. The van der Waals surface area contributed by atoms with Crippen molar-refractivity contribution in [2.45, 2.75) is 55.7 Å². The van der Waals surface area contributed by atoms with Gasteiger partial charge in [0.05, 0.1) is 10.8 Å². The molecule has 2 nitrogen and oxygen atoms in total. The number of aryl methyl sites for hydroxylation is 2. The van der Waals surface area contributed by atoms with E-state index in [1.807, 2.05) is 19.9 Å². The van der Waals surface area contributed by atoms with Gasteiger partial charge in [-0.15, -0.1) is 0 Å². The lowest BCUT2D eigenvalue weighted by Gasteiger charge is -2.14. The summed E-state index contributed by atoms with van der Waals surface area (Å²) >= 11 is 0. The van der Waals surface area contributed by atoms with Crippen LogP contribution in [0.15, 0.2) is 23.1 Å². The quantitative estimate of drug-likeness (QED) is 0.893. The zero-order chi connectivity index (χ0) is 12.4. The van der Waals surface area contributed by atoms with Gasteiger partial charge < -0.3 is 5.73 Å². The Morgan fingerprint density at radius 2 is 2.00 bits per heavy atom. The molecule has 3 unspecified atom stereocenters. The van der Waals surface area contributed by atoms with Crippen LogP contribution < -0.4 is 5.73 Å². The normalized spacial score (nSPS) is 19.7. The van der Waals surface area contributed by atoms with E-state index < -0.39 is 10.8 Å². The average Bonchev–Trinajstić information content (AvgIpc) is 2.73. The first-order valence-electron chi connectivity index (χ1n) is 6.36. The van der Waals surface area contributed by atoms with Crippen LogP contribution in [-0.2, 0) is 23.6 Å².